The fourth-order valence-corrected chi connectivity index (χ4v) is 1.89. The lowest BCUT2D eigenvalue weighted by Gasteiger charge is -2.28. The lowest BCUT2D eigenvalue weighted by molar-refractivity contribution is 0.0635. The van der Waals surface area contributed by atoms with E-state index >= 15 is 0 Å². The zero-order valence-corrected chi connectivity index (χ0v) is 10.4. The molecule has 0 heterocycles. The quantitative estimate of drug-likeness (QED) is 0.752. The second-order valence-corrected chi connectivity index (χ2v) is 4.86. The summed E-state index contributed by atoms with van der Waals surface area (Å²) in [7, 11) is 1.48. The second-order valence-electron chi connectivity index (χ2n) is 3.62. The lowest BCUT2D eigenvalue weighted by atomic mass is 9.97. The Kier molecular flexibility index (Phi) is 3.26. The third-order valence-electron chi connectivity index (χ3n) is 2.61. The van der Waals surface area contributed by atoms with Gasteiger partial charge in [0.15, 0.2) is 10.7 Å². The molecule has 2 unspecified atom stereocenters. The van der Waals surface area contributed by atoms with E-state index in [1.54, 1.807) is 12.2 Å². The third-order valence-corrected chi connectivity index (χ3v) is 3.64. The van der Waals surface area contributed by atoms with Crippen LogP contribution in [0.25, 0.3) is 5.57 Å². The standard InChI is InChI=1S/C13H12BrFO/c1-16-13(14)8-7-11(9-12(13)15)10-5-3-2-4-6-10/h2-9,12H,1H3. The van der Waals surface area contributed by atoms with Gasteiger partial charge >= 0.3 is 0 Å². The average molecular weight is 283 g/mol. The zero-order valence-electron chi connectivity index (χ0n) is 8.86. The minimum atomic E-state index is -1.20. The van der Waals surface area contributed by atoms with Crippen LogP contribution in [0.1, 0.15) is 5.56 Å². The van der Waals surface area contributed by atoms with Gasteiger partial charge in [-0.25, -0.2) is 4.39 Å². The molecule has 84 valence electrons. The van der Waals surface area contributed by atoms with Crippen molar-refractivity contribution in [2.75, 3.05) is 7.11 Å². The maximum Gasteiger partial charge on any atom is 0.175 e. The van der Waals surface area contributed by atoms with Crippen molar-refractivity contribution in [2.45, 2.75) is 10.7 Å². The van der Waals surface area contributed by atoms with Crippen LogP contribution in [0.2, 0.25) is 0 Å². The number of alkyl halides is 2. The van der Waals surface area contributed by atoms with Crippen molar-refractivity contribution in [3.05, 3.63) is 54.1 Å². The first-order valence-electron chi connectivity index (χ1n) is 5.00. The van der Waals surface area contributed by atoms with E-state index in [1.807, 2.05) is 36.4 Å². The molecule has 0 N–H and O–H groups in total. The molecule has 1 aromatic rings. The highest BCUT2D eigenvalue weighted by Crippen LogP contribution is 2.35. The van der Waals surface area contributed by atoms with Crippen LogP contribution in [0.3, 0.4) is 0 Å². The predicted molar refractivity (Wildman–Crippen MR) is 67.1 cm³/mol. The first-order valence-corrected chi connectivity index (χ1v) is 5.79. The summed E-state index contributed by atoms with van der Waals surface area (Å²) in [6.45, 7) is 0. The predicted octanol–water partition coefficient (Wildman–Crippen LogP) is 3.72. The molecule has 0 spiro atoms. The van der Waals surface area contributed by atoms with Crippen LogP contribution >= 0.6 is 15.9 Å². The molecule has 2 rings (SSSR count). The van der Waals surface area contributed by atoms with Crippen molar-refractivity contribution >= 4 is 21.5 Å². The van der Waals surface area contributed by atoms with E-state index in [1.165, 1.54) is 7.11 Å². The van der Waals surface area contributed by atoms with Gasteiger partial charge in [0.1, 0.15) is 0 Å². The van der Waals surface area contributed by atoms with Crippen LogP contribution in [0.5, 0.6) is 0 Å². The van der Waals surface area contributed by atoms with Gasteiger partial charge in [-0.1, -0.05) is 36.4 Å². The summed E-state index contributed by atoms with van der Waals surface area (Å²) in [6.07, 6.45) is 3.93. The fraction of sp³-hybridized carbons (Fsp3) is 0.231. The molecule has 3 heteroatoms. The van der Waals surface area contributed by atoms with E-state index in [2.05, 4.69) is 15.9 Å². The number of allylic oxidation sites excluding steroid dienone is 2. The van der Waals surface area contributed by atoms with Gasteiger partial charge in [-0.2, -0.15) is 0 Å². The first-order chi connectivity index (χ1) is 7.65. The Bertz CT molecular complexity index is 427. The van der Waals surface area contributed by atoms with Crippen molar-refractivity contribution in [3.8, 4) is 0 Å². The number of hydrogen-bond acceptors (Lipinski definition) is 1. The SMILES string of the molecule is COC1(Br)C=CC(c2ccccc2)=CC1F. The molecule has 2 atom stereocenters. The van der Waals surface area contributed by atoms with Crippen LogP contribution in [0.15, 0.2) is 48.6 Å². The smallest absolute Gasteiger partial charge is 0.175 e. The van der Waals surface area contributed by atoms with Crippen molar-refractivity contribution in [1.29, 1.82) is 0 Å². The molecule has 0 saturated carbocycles. The number of rotatable bonds is 2. The minimum absolute atomic E-state index is 0.875. The molecule has 0 radical (unpaired) electrons. The maximum atomic E-state index is 13.9. The average Bonchev–Trinajstić information content (AvgIpc) is 2.34. The number of halogens is 2. The van der Waals surface area contributed by atoms with Crippen LogP contribution in [0, 0.1) is 0 Å². The fourth-order valence-electron chi connectivity index (χ4n) is 1.63. The maximum absolute atomic E-state index is 13.9. The Balaban J connectivity index is 2.30. The highest BCUT2D eigenvalue weighted by Gasteiger charge is 2.35. The molecule has 1 nitrogen and oxygen atoms in total. The minimum Gasteiger partial charge on any atom is -0.360 e. The summed E-state index contributed by atoms with van der Waals surface area (Å²) in [5.41, 5.74) is 1.88. The van der Waals surface area contributed by atoms with Gasteiger partial charge < -0.3 is 4.74 Å². The topological polar surface area (TPSA) is 9.23 Å². The molecule has 1 aromatic carbocycles. The van der Waals surface area contributed by atoms with Gasteiger partial charge in [-0.05, 0) is 39.2 Å². The second kappa shape index (κ2) is 4.52. The first kappa shape index (κ1) is 11.6. The monoisotopic (exact) mass is 282 g/mol. The summed E-state index contributed by atoms with van der Waals surface area (Å²) in [4.78, 5) is 0. The van der Waals surface area contributed by atoms with Crippen LogP contribution < -0.4 is 0 Å². The van der Waals surface area contributed by atoms with E-state index in [-0.39, 0.29) is 0 Å². The molecule has 0 amide bonds. The summed E-state index contributed by atoms with van der Waals surface area (Å²) < 4.78 is 17.9. The molecule has 1 aliphatic carbocycles. The van der Waals surface area contributed by atoms with E-state index in [0.29, 0.717) is 0 Å². The third kappa shape index (κ3) is 2.11. The molecular formula is C13H12BrFO. The van der Waals surface area contributed by atoms with E-state index in [4.69, 9.17) is 4.74 Å². The molecule has 0 saturated heterocycles. The van der Waals surface area contributed by atoms with Crippen molar-refractivity contribution in [3.63, 3.8) is 0 Å². The van der Waals surface area contributed by atoms with Crippen LogP contribution in [0.4, 0.5) is 4.39 Å². The molecule has 1 aliphatic rings. The summed E-state index contributed by atoms with van der Waals surface area (Å²) in [5, 5.41) is 0. The van der Waals surface area contributed by atoms with E-state index in [9.17, 15) is 4.39 Å². The Morgan fingerprint density at radius 2 is 2.00 bits per heavy atom. The van der Waals surface area contributed by atoms with E-state index < -0.39 is 10.7 Å². The lowest BCUT2D eigenvalue weighted by Crippen LogP contribution is -2.33. The van der Waals surface area contributed by atoms with Gasteiger partial charge in [0.05, 0.1) is 0 Å². The van der Waals surface area contributed by atoms with Crippen molar-refractivity contribution in [2.24, 2.45) is 0 Å². The largest absolute Gasteiger partial charge is 0.360 e. The molecule has 0 fully saturated rings. The Hall–Kier alpha value is -0.930. The van der Waals surface area contributed by atoms with E-state index in [0.717, 1.165) is 11.1 Å². The molecule has 16 heavy (non-hydrogen) atoms. The normalized spacial score (nSPS) is 28.9. The highest BCUT2D eigenvalue weighted by molar-refractivity contribution is 9.10. The number of methoxy groups -OCH3 is 1. The number of benzene rings is 1. The summed E-state index contributed by atoms with van der Waals surface area (Å²) in [5.74, 6) is 0. The molecule has 0 aliphatic heterocycles. The summed E-state index contributed by atoms with van der Waals surface area (Å²) >= 11 is 3.23. The van der Waals surface area contributed by atoms with Gasteiger partial charge in [0.25, 0.3) is 0 Å². The highest BCUT2D eigenvalue weighted by atomic mass is 79.9. The molecule has 0 aromatic heterocycles. The zero-order chi connectivity index (χ0) is 11.6. The van der Waals surface area contributed by atoms with Gasteiger partial charge in [0.2, 0.25) is 0 Å². The van der Waals surface area contributed by atoms with Crippen molar-refractivity contribution in [1.82, 2.24) is 0 Å². The Labute approximate surface area is 103 Å². The van der Waals surface area contributed by atoms with Crippen molar-refractivity contribution < 1.29 is 9.13 Å². The van der Waals surface area contributed by atoms with Gasteiger partial charge in [-0.3, -0.25) is 0 Å². The van der Waals surface area contributed by atoms with Crippen LogP contribution in [-0.2, 0) is 4.74 Å². The molecular weight excluding hydrogens is 271 g/mol. The Morgan fingerprint density at radius 3 is 2.56 bits per heavy atom. The number of hydrogen-bond donors (Lipinski definition) is 0. The van der Waals surface area contributed by atoms with Gasteiger partial charge in [-0.15, -0.1) is 0 Å². The van der Waals surface area contributed by atoms with Crippen LogP contribution in [-0.4, -0.2) is 17.8 Å². The molecule has 0 bridgehead atoms. The summed E-state index contributed by atoms with van der Waals surface area (Å²) in [6, 6.07) is 9.72. The Morgan fingerprint density at radius 1 is 1.31 bits per heavy atom. The number of ether oxygens (including phenoxy) is 1. The van der Waals surface area contributed by atoms with Gasteiger partial charge in [0, 0.05) is 7.11 Å².